The number of ether oxygens (including phenoxy) is 1. The monoisotopic (exact) mass is 477 g/mol. The lowest BCUT2D eigenvalue weighted by Gasteiger charge is -2.27. The van der Waals surface area contributed by atoms with Gasteiger partial charge in [0.05, 0.1) is 12.3 Å². The zero-order chi connectivity index (χ0) is 21.1. The van der Waals surface area contributed by atoms with E-state index in [0.29, 0.717) is 17.7 Å². The Morgan fingerprint density at radius 2 is 2.04 bits per heavy atom. The van der Waals surface area contributed by atoms with Gasteiger partial charge in [0.1, 0.15) is 12.3 Å². The topological polar surface area (TPSA) is 82.0 Å². The summed E-state index contributed by atoms with van der Waals surface area (Å²) in [5.74, 6) is -0.795. The molecule has 9 heteroatoms. The Hall–Kier alpha value is -1.48. The molecule has 1 heterocycles. The molecule has 28 heavy (non-hydrogen) atoms. The van der Waals surface area contributed by atoms with E-state index in [4.69, 9.17) is 9.57 Å². The van der Waals surface area contributed by atoms with E-state index >= 15 is 0 Å². The molecular weight excluding hydrogens is 453 g/mol. The number of halogens is 2. The first-order valence-electron chi connectivity index (χ1n) is 8.97. The molecule has 0 amide bonds. The third-order valence-electron chi connectivity index (χ3n) is 4.84. The zero-order valence-electron chi connectivity index (χ0n) is 16.3. The third kappa shape index (κ3) is 4.92. The molecule has 0 fully saturated rings. The molecule has 0 spiro atoms. The Morgan fingerprint density at radius 3 is 2.54 bits per heavy atom. The van der Waals surface area contributed by atoms with Gasteiger partial charge in [0.25, 0.3) is 0 Å². The molecule has 1 aromatic rings. The van der Waals surface area contributed by atoms with Crippen LogP contribution in [-0.4, -0.2) is 48.6 Å². The quantitative estimate of drug-likeness (QED) is 0.420. The van der Waals surface area contributed by atoms with Gasteiger partial charge in [0.15, 0.2) is 14.6 Å². The second kappa shape index (κ2) is 8.90. The van der Waals surface area contributed by atoms with Crippen LogP contribution in [0.4, 0.5) is 4.39 Å². The average Bonchev–Trinajstić information content (AvgIpc) is 3.08. The van der Waals surface area contributed by atoms with Crippen LogP contribution in [0.2, 0.25) is 0 Å². The fraction of sp³-hybridized carbons (Fsp3) is 0.579. The average molecular weight is 478 g/mol. The molecule has 0 bridgehead atoms. The van der Waals surface area contributed by atoms with Crippen LogP contribution in [0.15, 0.2) is 29.4 Å². The van der Waals surface area contributed by atoms with Crippen molar-refractivity contribution in [1.82, 2.24) is 0 Å². The van der Waals surface area contributed by atoms with Crippen molar-refractivity contribution in [2.75, 3.05) is 12.9 Å². The van der Waals surface area contributed by atoms with Gasteiger partial charge >= 0.3 is 5.97 Å². The van der Waals surface area contributed by atoms with Crippen molar-refractivity contribution in [1.29, 1.82) is 0 Å². The van der Waals surface area contributed by atoms with E-state index in [0.717, 1.165) is 11.8 Å². The van der Waals surface area contributed by atoms with E-state index in [2.05, 4.69) is 21.1 Å². The lowest BCUT2D eigenvalue weighted by Crippen LogP contribution is -2.47. The van der Waals surface area contributed by atoms with Crippen molar-refractivity contribution in [3.63, 3.8) is 0 Å². The molecule has 1 aliphatic rings. The van der Waals surface area contributed by atoms with Crippen molar-refractivity contribution in [3.8, 4) is 0 Å². The van der Waals surface area contributed by atoms with E-state index < -0.39 is 32.8 Å². The summed E-state index contributed by atoms with van der Waals surface area (Å²) in [7, 11) is -3.73. The normalized spacial score (nSPS) is 21.2. The number of nitrogens with zero attached hydrogens (tertiary/aromatic N) is 1. The molecule has 0 saturated heterocycles. The first-order valence-corrected chi connectivity index (χ1v) is 11.8. The molecule has 0 aliphatic carbocycles. The first-order chi connectivity index (χ1) is 13.0. The Bertz CT molecular complexity index is 840. The van der Waals surface area contributed by atoms with Gasteiger partial charge in [-0.15, -0.1) is 0 Å². The van der Waals surface area contributed by atoms with E-state index in [1.807, 2.05) is 0 Å². The third-order valence-corrected chi connectivity index (χ3v) is 7.28. The SMILES string of the molecule is CCOC(=O)[C@@](C)(C[C@H]1CC(c2ccc([C@@H](F)[C@@H](C)Br)cc2)=NO1)S(C)(=O)=O. The van der Waals surface area contributed by atoms with Crippen molar-refractivity contribution in [2.24, 2.45) is 5.16 Å². The molecule has 0 aromatic heterocycles. The van der Waals surface area contributed by atoms with Crippen LogP contribution in [0.5, 0.6) is 0 Å². The number of carbonyl (C=O) groups is 1. The van der Waals surface area contributed by atoms with Gasteiger partial charge in [-0.1, -0.05) is 45.4 Å². The minimum atomic E-state index is -3.73. The highest BCUT2D eigenvalue weighted by Gasteiger charge is 2.48. The van der Waals surface area contributed by atoms with Gasteiger partial charge in [-0.2, -0.15) is 0 Å². The number of hydrogen-bond acceptors (Lipinski definition) is 6. The molecule has 0 saturated carbocycles. The molecule has 0 unspecified atom stereocenters. The highest BCUT2D eigenvalue weighted by atomic mass is 79.9. The predicted octanol–water partition coefficient (Wildman–Crippen LogP) is 3.73. The van der Waals surface area contributed by atoms with E-state index in [1.165, 1.54) is 6.92 Å². The fourth-order valence-corrected chi connectivity index (χ4v) is 4.09. The molecular formula is C19H25BrFNO5S. The summed E-state index contributed by atoms with van der Waals surface area (Å²) < 4.78 is 41.8. The molecule has 156 valence electrons. The largest absolute Gasteiger partial charge is 0.465 e. The molecule has 2 rings (SSSR count). The summed E-state index contributed by atoms with van der Waals surface area (Å²) in [6, 6.07) is 6.88. The lowest BCUT2D eigenvalue weighted by molar-refractivity contribution is -0.146. The van der Waals surface area contributed by atoms with Crippen LogP contribution < -0.4 is 0 Å². The number of carbonyl (C=O) groups excluding carboxylic acids is 1. The Morgan fingerprint density at radius 1 is 1.43 bits per heavy atom. The van der Waals surface area contributed by atoms with Crippen molar-refractivity contribution in [2.45, 2.75) is 55.5 Å². The molecule has 1 aliphatic heterocycles. The highest BCUT2D eigenvalue weighted by molar-refractivity contribution is 9.09. The number of benzene rings is 1. The number of rotatable bonds is 8. The van der Waals surface area contributed by atoms with Gasteiger partial charge in [-0.3, -0.25) is 4.79 Å². The summed E-state index contributed by atoms with van der Waals surface area (Å²) >= 11 is 3.23. The number of alkyl halides is 2. The van der Waals surface area contributed by atoms with Crippen LogP contribution in [0.25, 0.3) is 0 Å². The number of oxime groups is 1. The minimum Gasteiger partial charge on any atom is -0.465 e. The Balaban J connectivity index is 2.11. The molecule has 0 N–H and O–H groups in total. The maximum absolute atomic E-state index is 14.1. The first kappa shape index (κ1) is 22.8. The summed E-state index contributed by atoms with van der Waals surface area (Å²) in [6.07, 6.45) is -0.405. The second-order valence-corrected chi connectivity index (χ2v) is 11.0. The van der Waals surface area contributed by atoms with Crippen LogP contribution in [0.1, 0.15) is 50.9 Å². The molecule has 6 nitrogen and oxygen atoms in total. The molecule has 0 radical (unpaired) electrons. The molecule has 1 aromatic carbocycles. The van der Waals surface area contributed by atoms with E-state index in [1.54, 1.807) is 38.1 Å². The second-order valence-electron chi connectivity index (χ2n) is 7.10. The predicted molar refractivity (Wildman–Crippen MR) is 109 cm³/mol. The van der Waals surface area contributed by atoms with Gasteiger partial charge in [-0.25, -0.2) is 12.8 Å². The van der Waals surface area contributed by atoms with Gasteiger partial charge in [0.2, 0.25) is 0 Å². The van der Waals surface area contributed by atoms with E-state index in [9.17, 15) is 17.6 Å². The van der Waals surface area contributed by atoms with Crippen LogP contribution in [-0.2, 0) is 24.2 Å². The standard InChI is InChI=1S/C19H25BrFNO5S/c1-5-26-18(23)19(3,28(4,24)25)11-15-10-16(22-27-15)13-6-8-14(9-7-13)17(21)12(2)20/h6-9,12,15,17H,5,10-11H2,1-4H3/t12-,15-,17+,19-/m1/s1. The van der Waals surface area contributed by atoms with Crippen molar-refractivity contribution in [3.05, 3.63) is 35.4 Å². The van der Waals surface area contributed by atoms with Gasteiger partial charge < -0.3 is 9.57 Å². The smallest absolute Gasteiger partial charge is 0.327 e. The van der Waals surface area contributed by atoms with Crippen molar-refractivity contribution >= 4 is 37.4 Å². The number of hydrogen-bond donors (Lipinski definition) is 0. The highest BCUT2D eigenvalue weighted by Crippen LogP contribution is 2.31. The summed E-state index contributed by atoms with van der Waals surface area (Å²) in [5, 5.41) is 4.04. The van der Waals surface area contributed by atoms with Crippen LogP contribution >= 0.6 is 15.9 Å². The zero-order valence-corrected chi connectivity index (χ0v) is 18.7. The van der Waals surface area contributed by atoms with Crippen LogP contribution in [0.3, 0.4) is 0 Å². The Kier molecular flexibility index (Phi) is 7.25. The van der Waals surface area contributed by atoms with Crippen molar-refractivity contribution < 1.29 is 27.2 Å². The van der Waals surface area contributed by atoms with Gasteiger partial charge in [0, 0.05) is 23.9 Å². The fourth-order valence-electron chi connectivity index (χ4n) is 2.94. The van der Waals surface area contributed by atoms with Gasteiger partial charge in [-0.05, 0) is 31.9 Å². The molecule has 4 atom stereocenters. The van der Waals surface area contributed by atoms with Crippen LogP contribution in [0, 0.1) is 0 Å². The number of esters is 1. The summed E-state index contributed by atoms with van der Waals surface area (Å²) in [5.41, 5.74) is 1.94. The maximum atomic E-state index is 14.1. The minimum absolute atomic E-state index is 0.0661. The lowest BCUT2D eigenvalue weighted by atomic mass is 9.96. The summed E-state index contributed by atoms with van der Waals surface area (Å²) in [4.78, 5) is 17.4. The van der Waals surface area contributed by atoms with E-state index in [-0.39, 0.29) is 17.9 Å². The Labute approximate surface area is 173 Å². The number of sulfone groups is 1. The maximum Gasteiger partial charge on any atom is 0.327 e. The summed E-state index contributed by atoms with van der Waals surface area (Å²) in [6.45, 7) is 4.79.